The lowest BCUT2D eigenvalue weighted by molar-refractivity contribution is 0.0209. The number of nitrogens with two attached hydrogens (primary N) is 1. The SMILES string of the molecule is Cl.NCCCOC1CCN(S(=O)(=O)c2ccc(Cl)cc2)CC1. The van der Waals surface area contributed by atoms with Crippen LogP contribution in [0, 0.1) is 0 Å². The Morgan fingerprint density at radius 3 is 2.36 bits per heavy atom. The van der Waals surface area contributed by atoms with E-state index in [1.54, 1.807) is 24.3 Å². The molecule has 22 heavy (non-hydrogen) atoms. The van der Waals surface area contributed by atoms with Crippen LogP contribution in [0.25, 0.3) is 0 Å². The van der Waals surface area contributed by atoms with Gasteiger partial charge in [-0.15, -0.1) is 12.4 Å². The Morgan fingerprint density at radius 2 is 1.82 bits per heavy atom. The molecule has 8 heteroatoms. The molecule has 0 atom stereocenters. The summed E-state index contributed by atoms with van der Waals surface area (Å²) < 4.78 is 32.2. The molecule has 0 spiro atoms. The molecule has 0 aliphatic carbocycles. The van der Waals surface area contributed by atoms with Gasteiger partial charge < -0.3 is 10.5 Å². The first-order valence-corrected chi connectivity index (χ1v) is 8.93. The molecule has 1 saturated heterocycles. The highest BCUT2D eigenvalue weighted by molar-refractivity contribution is 7.89. The molecule has 126 valence electrons. The van der Waals surface area contributed by atoms with Crippen LogP contribution in [0.1, 0.15) is 19.3 Å². The van der Waals surface area contributed by atoms with Crippen LogP contribution in [0.4, 0.5) is 0 Å². The van der Waals surface area contributed by atoms with E-state index in [-0.39, 0.29) is 23.4 Å². The molecule has 1 aliphatic rings. The van der Waals surface area contributed by atoms with Crippen molar-refractivity contribution in [3.8, 4) is 0 Å². The number of piperidine rings is 1. The lowest BCUT2D eigenvalue weighted by Gasteiger charge is -2.31. The van der Waals surface area contributed by atoms with E-state index in [1.807, 2.05) is 0 Å². The number of ether oxygens (including phenoxy) is 1. The Kier molecular flexibility index (Phi) is 8.10. The molecule has 0 unspecified atom stereocenters. The molecule has 1 aliphatic heterocycles. The zero-order valence-electron chi connectivity index (χ0n) is 12.3. The van der Waals surface area contributed by atoms with Gasteiger partial charge in [0.1, 0.15) is 0 Å². The van der Waals surface area contributed by atoms with Crippen molar-refractivity contribution >= 4 is 34.0 Å². The number of nitrogens with zero attached hydrogens (tertiary/aromatic N) is 1. The van der Waals surface area contributed by atoms with Gasteiger partial charge in [-0.25, -0.2) is 8.42 Å². The third-order valence-corrected chi connectivity index (χ3v) is 5.72. The second-order valence-corrected chi connectivity index (χ2v) is 7.44. The first-order valence-electron chi connectivity index (χ1n) is 7.11. The average Bonchev–Trinajstić information content (AvgIpc) is 2.48. The van der Waals surface area contributed by atoms with Gasteiger partial charge in [0.15, 0.2) is 0 Å². The first-order chi connectivity index (χ1) is 10.0. The fraction of sp³-hybridized carbons (Fsp3) is 0.571. The number of benzene rings is 1. The predicted octanol–water partition coefficient (Wildman–Crippen LogP) is 2.28. The second kappa shape index (κ2) is 9.05. The molecule has 0 aromatic heterocycles. The molecule has 1 aromatic rings. The second-order valence-electron chi connectivity index (χ2n) is 5.07. The smallest absolute Gasteiger partial charge is 0.243 e. The summed E-state index contributed by atoms with van der Waals surface area (Å²) in [5.74, 6) is 0. The van der Waals surface area contributed by atoms with Gasteiger partial charge in [0.05, 0.1) is 11.0 Å². The number of rotatable bonds is 6. The third-order valence-electron chi connectivity index (χ3n) is 3.55. The summed E-state index contributed by atoms with van der Waals surface area (Å²) in [7, 11) is -3.43. The minimum absolute atomic E-state index is 0. The van der Waals surface area contributed by atoms with Gasteiger partial charge in [-0.1, -0.05) is 11.6 Å². The van der Waals surface area contributed by atoms with E-state index in [1.165, 1.54) is 4.31 Å². The zero-order valence-corrected chi connectivity index (χ0v) is 14.7. The van der Waals surface area contributed by atoms with Crippen molar-refractivity contribution in [2.24, 2.45) is 5.73 Å². The van der Waals surface area contributed by atoms with Crippen molar-refractivity contribution in [2.75, 3.05) is 26.2 Å². The molecular weight excluding hydrogens is 347 g/mol. The monoisotopic (exact) mass is 368 g/mol. The Hall–Kier alpha value is -0.370. The van der Waals surface area contributed by atoms with E-state index in [0.717, 1.165) is 19.3 Å². The van der Waals surface area contributed by atoms with Crippen LogP contribution in [-0.4, -0.2) is 45.1 Å². The van der Waals surface area contributed by atoms with Crippen LogP contribution in [0.15, 0.2) is 29.2 Å². The van der Waals surface area contributed by atoms with Gasteiger partial charge in [-0.05, 0) is 50.1 Å². The normalized spacial score (nSPS) is 17.2. The summed E-state index contributed by atoms with van der Waals surface area (Å²) in [4.78, 5) is 0.286. The lowest BCUT2D eigenvalue weighted by atomic mass is 10.1. The maximum atomic E-state index is 12.5. The Bertz CT molecular complexity index is 544. The maximum Gasteiger partial charge on any atom is 0.243 e. The number of halogens is 2. The molecule has 0 bridgehead atoms. The van der Waals surface area contributed by atoms with Crippen molar-refractivity contribution in [1.82, 2.24) is 4.31 Å². The van der Waals surface area contributed by atoms with Crippen LogP contribution in [-0.2, 0) is 14.8 Å². The molecule has 2 N–H and O–H groups in total. The molecule has 0 radical (unpaired) electrons. The molecule has 1 aromatic carbocycles. The molecule has 0 saturated carbocycles. The van der Waals surface area contributed by atoms with E-state index >= 15 is 0 Å². The van der Waals surface area contributed by atoms with Gasteiger partial charge in [0.2, 0.25) is 10.0 Å². The summed E-state index contributed by atoms with van der Waals surface area (Å²) >= 11 is 5.79. The molecule has 5 nitrogen and oxygen atoms in total. The summed E-state index contributed by atoms with van der Waals surface area (Å²) in [5, 5.41) is 0.529. The van der Waals surface area contributed by atoms with E-state index in [0.29, 0.717) is 31.3 Å². The molecule has 0 amide bonds. The highest BCUT2D eigenvalue weighted by atomic mass is 35.5. The fourth-order valence-electron chi connectivity index (χ4n) is 2.33. The Morgan fingerprint density at radius 1 is 1.23 bits per heavy atom. The maximum absolute atomic E-state index is 12.5. The molecule has 2 rings (SSSR count). The van der Waals surface area contributed by atoms with Gasteiger partial charge in [0, 0.05) is 24.7 Å². The Labute approximate surface area is 143 Å². The van der Waals surface area contributed by atoms with Crippen LogP contribution in [0.5, 0.6) is 0 Å². The predicted molar refractivity (Wildman–Crippen MR) is 90.1 cm³/mol. The third kappa shape index (κ3) is 5.08. The van der Waals surface area contributed by atoms with E-state index in [9.17, 15) is 8.42 Å². The zero-order chi connectivity index (χ0) is 15.3. The van der Waals surface area contributed by atoms with E-state index < -0.39 is 10.0 Å². The minimum Gasteiger partial charge on any atom is -0.378 e. The quantitative estimate of drug-likeness (QED) is 0.781. The number of sulfonamides is 1. The summed E-state index contributed by atoms with van der Waals surface area (Å²) in [5.41, 5.74) is 5.42. The van der Waals surface area contributed by atoms with Crippen molar-refractivity contribution < 1.29 is 13.2 Å². The summed E-state index contributed by atoms with van der Waals surface area (Å²) in [6.45, 7) is 2.23. The van der Waals surface area contributed by atoms with Crippen LogP contribution >= 0.6 is 24.0 Å². The number of hydrogen-bond acceptors (Lipinski definition) is 4. The van der Waals surface area contributed by atoms with Crippen LogP contribution in [0.2, 0.25) is 5.02 Å². The van der Waals surface area contributed by atoms with Gasteiger partial charge >= 0.3 is 0 Å². The van der Waals surface area contributed by atoms with Crippen LogP contribution in [0.3, 0.4) is 0 Å². The van der Waals surface area contributed by atoms with E-state index in [2.05, 4.69) is 0 Å². The van der Waals surface area contributed by atoms with Crippen molar-refractivity contribution in [2.45, 2.75) is 30.3 Å². The largest absolute Gasteiger partial charge is 0.378 e. The highest BCUT2D eigenvalue weighted by Gasteiger charge is 2.29. The molecule has 1 heterocycles. The van der Waals surface area contributed by atoms with E-state index in [4.69, 9.17) is 22.1 Å². The van der Waals surface area contributed by atoms with Crippen molar-refractivity contribution in [3.63, 3.8) is 0 Å². The molecule has 1 fully saturated rings. The Balaban J connectivity index is 0.00000242. The van der Waals surface area contributed by atoms with Gasteiger partial charge in [-0.3, -0.25) is 0 Å². The standard InChI is InChI=1S/C14H21ClN2O3S.ClH/c15-12-2-4-14(5-3-12)21(18,19)17-9-6-13(7-10-17)20-11-1-8-16;/h2-5,13H,1,6-11,16H2;1H. The average molecular weight is 369 g/mol. The topological polar surface area (TPSA) is 72.6 Å². The van der Waals surface area contributed by atoms with Gasteiger partial charge in [-0.2, -0.15) is 4.31 Å². The number of hydrogen-bond donors (Lipinski definition) is 1. The lowest BCUT2D eigenvalue weighted by Crippen LogP contribution is -2.40. The fourth-order valence-corrected chi connectivity index (χ4v) is 3.92. The summed E-state index contributed by atoms with van der Waals surface area (Å²) in [6, 6.07) is 6.28. The van der Waals surface area contributed by atoms with Crippen molar-refractivity contribution in [1.29, 1.82) is 0 Å². The molecular formula is C14H22Cl2N2O3S. The highest BCUT2D eigenvalue weighted by Crippen LogP contribution is 2.23. The van der Waals surface area contributed by atoms with Gasteiger partial charge in [0.25, 0.3) is 0 Å². The van der Waals surface area contributed by atoms with Crippen LogP contribution < -0.4 is 5.73 Å². The summed E-state index contributed by atoms with van der Waals surface area (Å²) in [6.07, 6.45) is 2.41. The minimum atomic E-state index is -3.43. The van der Waals surface area contributed by atoms with Crippen molar-refractivity contribution in [3.05, 3.63) is 29.3 Å². The first kappa shape index (κ1) is 19.7.